The van der Waals surface area contributed by atoms with Gasteiger partial charge >= 0.3 is 17.1 Å². The number of hydrogen-bond acceptors (Lipinski definition) is 5. The minimum absolute atomic E-state index is 0.0580. The largest absolute Gasteiger partial charge is 0.468 e. The molecule has 1 heterocycles. The highest BCUT2D eigenvalue weighted by atomic mass is 19.1. The first kappa shape index (κ1) is 12.7. The number of benzene rings is 1. The predicted molar refractivity (Wildman–Crippen MR) is 62.2 cm³/mol. The van der Waals surface area contributed by atoms with E-state index in [2.05, 4.69) is 9.97 Å². The van der Waals surface area contributed by atoms with Gasteiger partial charge in [-0.1, -0.05) is 12.1 Å². The first-order valence-electron chi connectivity index (χ1n) is 5.17. The zero-order valence-corrected chi connectivity index (χ0v) is 9.50. The number of nitrogens with one attached hydrogen (secondary N) is 1. The van der Waals surface area contributed by atoms with Crippen LogP contribution in [0.4, 0.5) is 10.1 Å². The fraction of sp³-hybridized carbons (Fsp3) is 0.0909. The van der Waals surface area contributed by atoms with Crippen molar-refractivity contribution in [3.63, 3.8) is 0 Å². The Labute approximate surface area is 105 Å². The van der Waals surface area contributed by atoms with E-state index < -0.39 is 22.0 Å². The average molecular weight is 265 g/mol. The lowest BCUT2D eigenvalue weighted by Crippen LogP contribution is -2.14. The molecule has 1 aromatic heterocycles. The van der Waals surface area contributed by atoms with E-state index in [0.717, 1.165) is 6.33 Å². The predicted octanol–water partition coefficient (Wildman–Crippen LogP) is 1.40. The molecule has 2 rings (SSSR count). The Morgan fingerprint density at radius 3 is 2.68 bits per heavy atom. The topological polar surface area (TPSA) is 98.1 Å². The van der Waals surface area contributed by atoms with Gasteiger partial charge in [-0.05, 0) is 17.7 Å². The number of hydrogen-bond donors (Lipinski definition) is 1. The molecule has 0 radical (unpaired) electrons. The summed E-state index contributed by atoms with van der Waals surface area (Å²) in [7, 11) is 0. The number of aromatic amines is 1. The van der Waals surface area contributed by atoms with Crippen LogP contribution in [0.1, 0.15) is 5.56 Å². The fourth-order valence-corrected chi connectivity index (χ4v) is 1.38. The first-order valence-corrected chi connectivity index (χ1v) is 5.17. The highest BCUT2D eigenvalue weighted by Gasteiger charge is 2.21. The molecule has 0 amide bonds. The molecule has 19 heavy (non-hydrogen) atoms. The van der Waals surface area contributed by atoms with Crippen LogP contribution in [-0.2, 0) is 6.61 Å². The Morgan fingerprint density at radius 2 is 2.05 bits per heavy atom. The molecule has 0 saturated heterocycles. The van der Waals surface area contributed by atoms with E-state index in [-0.39, 0.29) is 12.5 Å². The second-order valence-electron chi connectivity index (χ2n) is 3.56. The van der Waals surface area contributed by atoms with E-state index in [4.69, 9.17) is 4.74 Å². The average Bonchev–Trinajstić information content (AvgIpc) is 2.37. The van der Waals surface area contributed by atoms with Crippen molar-refractivity contribution >= 4 is 5.69 Å². The number of ether oxygens (including phenoxy) is 1. The van der Waals surface area contributed by atoms with E-state index >= 15 is 0 Å². The normalized spacial score (nSPS) is 10.2. The summed E-state index contributed by atoms with van der Waals surface area (Å²) in [4.78, 5) is 26.8. The molecule has 7 nitrogen and oxygen atoms in total. The Kier molecular flexibility index (Phi) is 3.51. The summed E-state index contributed by atoms with van der Waals surface area (Å²) in [6, 6.07) is 5.40. The monoisotopic (exact) mass is 265 g/mol. The van der Waals surface area contributed by atoms with Crippen molar-refractivity contribution in [2.24, 2.45) is 0 Å². The molecule has 0 spiro atoms. The van der Waals surface area contributed by atoms with Crippen LogP contribution < -0.4 is 10.3 Å². The molecule has 0 aliphatic heterocycles. The quantitative estimate of drug-likeness (QED) is 0.665. The van der Waals surface area contributed by atoms with Crippen LogP contribution in [0.2, 0.25) is 0 Å². The van der Waals surface area contributed by atoms with Gasteiger partial charge in [-0.15, -0.1) is 0 Å². The summed E-state index contributed by atoms with van der Waals surface area (Å²) in [5, 5.41) is 10.7. The van der Waals surface area contributed by atoms with Gasteiger partial charge in [-0.3, -0.25) is 14.9 Å². The van der Waals surface area contributed by atoms with Crippen LogP contribution in [0.25, 0.3) is 0 Å². The maximum absolute atomic E-state index is 12.7. The lowest BCUT2D eigenvalue weighted by atomic mass is 10.2. The zero-order valence-electron chi connectivity index (χ0n) is 9.50. The summed E-state index contributed by atoms with van der Waals surface area (Å²) in [5.74, 6) is -0.776. The smallest absolute Gasteiger partial charge is 0.395 e. The van der Waals surface area contributed by atoms with Gasteiger partial charge in [0.15, 0.2) is 0 Å². The molecule has 0 aliphatic rings. The number of rotatable bonds is 4. The summed E-state index contributed by atoms with van der Waals surface area (Å²) < 4.78 is 17.8. The SMILES string of the molecule is O=c1[nH]cnc(OCc2ccc(F)cc2)c1[N+](=O)[O-]. The van der Waals surface area contributed by atoms with Crippen LogP contribution in [0.5, 0.6) is 5.88 Å². The zero-order chi connectivity index (χ0) is 13.8. The second-order valence-corrected chi connectivity index (χ2v) is 3.56. The molecule has 0 bridgehead atoms. The highest BCUT2D eigenvalue weighted by molar-refractivity contribution is 5.37. The Hall–Kier alpha value is -2.77. The van der Waals surface area contributed by atoms with Crippen molar-refractivity contribution in [3.05, 3.63) is 62.4 Å². The molecule has 0 atom stereocenters. The fourth-order valence-electron chi connectivity index (χ4n) is 1.38. The summed E-state index contributed by atoms with van der Waals surface area (Å²) in [6.07, 6.45) is 1.01. The first-order chi connectivity index (χ1) is 9.08. The molecular weight excluding hydrogens is 257 g/mol. The van der Waals surface area contributed by atoms with E-state index in [1.807, 2.05) is 0 Å². The second kappa shape index (κ2) is 5.25. The third-order valence-corrected chi connectivity index (χ3v) is 2.27. The van der Waals surface area contributed by atoms with Crippen LogP contribution >= 0.6 is 0 Å². The van der Waals surface area contributed by atoms with Gasteiger partial charge in [0.05, 0.1) is 11.3 Å². The molecule has 0 unspecified atom stereocenters. The summed E-state index contributed by atoms with van der Waals surface area (Å²) in [6.45, 7) is -0.0580. The molecule has 1 aromatic carbocycles. The Morgan fingerprint density at radius 1 is 1.37 bits per heavy atom. The van der Waals surface area contributed by atoms with Gasteiger partial charge in [-0.25, -0.2) is 4.39 Å². The van der Waals surface area contributed by atoms with E-state index in [0.29, 0.717) is 5.56 Å². The van der Waals surface area contributed by atoms with E-state index in [1.165, 1.54) is 24.3 Å². The molecular formula is C11H8FN3O4. The lowest BCUT2D eigenvalue weighted by Gasteiger charge is -2.04. The van der Waals surface area contributed by atoms with Crippen molar-refractivity contribution in [2.45, 2.75) is 6.61 Å². The molecule has 0 aliphatic carbocycles. The number of halogens is 1. The maximum atomic E-state index is 12.7. The summed E-state index contributed by atoms with van der Waals surface area (Å²) >= 11 is 0. The van der Waals surface area contributed by atoms with Gasteiger partial charge in [-0.2, -0.15) is 4.98 Å². The van der Waals surface area contributed by atoms with Gasteiger partial charge in [0.1, 0.15) is 12.4 Å². The van der Waals surface area contributed by atoms with Gasteiger partial charge in [0.2, 0.25) is 0 Å². The van der Waals surface area contributed by atoms with Crippen molar-refractivity contribution in [3.8, 4) is 5.88 Å². The Balaban J connectivity index is 2.20. The van der Waals surface area contributed by atoms with Gasteiger partial charge < -0.3 is 9.72 Å². The van der Waals surface area contributed by atoms with E-state index in [1.54, 1.807) is 0 Å². The number of nitro groups is 1. The molecule has 2 aromatic rings. The van der Waals surface area contributed by atoms with Crippen LogP contribution in [-0.4, -0.2) is 14.9 Å². The third kappa shape index (κ3) is 2.92. The van der Waals surface area contributed by atoms with Crippen molar-refractivity contribution < 1.29 is 14.1 Å². The molecule has 98 valence electrons. The number of nitrogens with zero attached hydrogens (tertiary/aromatic N) is 2. The van der Waals surface area contributed by atoms with Crippen molar-refractivity contribution in [1.82, 2.24) is 9.97 Å². The third-order valence-electron chi connectivity index (χ3n) is 2.27. The molecule has 1 N–H and O–H groups in total. The van der Waals surface area contributed by atoms with Gasteiger partial charge in [0, 0.05) is 0 Å². The van der Waals surface area contributed by atoms with Gasteiger partial charge in [0.25, 0.3) is 0 Å². The van der Waals surface area contributed by atoms with Crippen LogP contribution in [0, 0.1) is 15.9 Å². The van der Waals surface area contributed by atoms with E-state index in [9.17, 15) is 19.3 Å². The Bertz CT molecular complexity index is 654. The van der Waals surface area contributed by atoms with Crippen LogP contribution in [0.3, 0.4) is 0 Å². The maximum Gasteiger partial charge on any atom is 0.395 e. The molecule has 0 saturated carbocycles. The molecule has 8 heteroatoms. The van der Waals surface area contributed by atoms with Crippen molar-refractivity contribution in [2.75, 3.05) is 0 Å². The summed E-state index contributed by atoms with van der Waals surface area (Å²) in [5.41, 5.74) is -1.06. The standard InChI is InChI=1S/C11H8FN3O4/c12-8-3-1-7(2-4-8)5-19-11-9(15(17)18)10(16)13-6-14-11/h1-4,6H,5H2,(H,13,14,16). The number of H-pyrrole nitrogens is 1. The van der Waals surface area contributed by atoms with Crippen LogP contribution in [0.15, 0.2) is 35.4 Å². The number of aromatic nitrogens is 2. The minimum atomic E-state index is -0.894. The minimum Gasteiger partial charge on any atom is -0.468 e. The van der Waals surface area contributed by atoms with Crippen molar-refractivity contribution in [1.29, 1.82) is 0 Å². The highest BCUT2D eigenvalue weighted by Crippen LogP contribution is 2.19. The molecule has 0 fully saturated rings. The lowest BCUT2D eigenvalue weighted by molar-refractivity contribution is -0.387.